The summed E-state index contributed by atoms with van der Waals surface area (Å²) in [5, 5.41) is 35.5. The van der Waals surface area contributed by atoms with Crippen molar-refractivity contribution in [2.45, 2.75) is 62.9 Å². The number of amides is 6. The number of thioether (sulfide) groups is 4. The summed E-state index contributed by atoms with van der Waals surface area (Å²) in [5.74, 6) is -2.73. The molecule has 0 saturated carbocycles. The number of hydrogen-bond acceptors (Lipinski definition) is 22. The van der Waals surface area contributed by atoms with Gasteiger partial charge in [0.25, 0.3) is 23.6 Å². The first-order valence-electron chi connectivity index (χ1n) is 25.2. The van der Waals surface area contributed by atoms with Gasteiger partial charge in [-0.15, -0.1) is 46.2 Å². The Kier molecular flexibility index (Phi) is 20.5. The highest BCUT2D eigenvalue weighted by atomic mass is 32.2. The second-order valence-electron chi connectivity index (χ2n) is 18.3. The predicted molar refractivity (Wildman–Crippen MR) is 310 cm³/mol. The molecule has 2 fully saturated rings. The maximum absolute atomic E-state index is 13.4. The van der Waals surface area contributed by atoms with Crippen LogP contribution in [0.5, 0.6) is 0 Å². The minimum Gasteiger partial charge on any atom is -0.477 e. The standard InChI is InChI=1S/C50H56N14O12S6/c1-5-61(17-27-7-11-59(12-8-27)19-29-21-79-45-37(43(69)63(45)39(29)47(71)72)55-41(67)35(57-75-3)31-23-81-49(51)53-31)33(65)25-77-15-16-78-26-34(66)62(6-2)18-28-9-13-60(14-10-28)20-30-22-80-46-38(44(70)64(46)40(30)48(73)74)56-42(68)36(58-76-4)32-24-82-50(52)54-32/h7-14,23-24,37-38,45-46H,5-6,15-22,25-26H2,1-4H3,(H6-2,51,52,53,54,55,56,67,68,71,72,73,74)/p+2. The van der Waals surface area contributed by atoms with Gasteiger partial charge in [0.2, 0.25) is 11.8 Å². The van der Waals surface area contributed by atoms with Gasteiger partial charge >= 0.3 is 11.9 Å². The lowest BCUT2D eigenvalue weighted by Crippen LogP contribution is -2.71. The zero-order valence-electron chi connectivity index (χ0n) is 44.6. The molecule has 32 heteroatoms. The van der Waals surface area contributed by atoms with Crippen molar-refractivity contribution in [2.75, 3.05) is 73.3 Å². The summed E-state index contributed by atoms with van der Waals surface area (Å²) in [6, 6.07) is 5.45. The number of carboxylic acids is 2. The van der Waals surface area contributed by atoms with Crippen LogP contribution in [0, 0.1) is 0 Å². The molecule has 0 bridgehead atoms. The fourth-order valence-electron chi connectivity index (χ4n) is 9.06. The molecule has 8 heterocycles. The van der Waals surface area contributed by atoms with E-state index in [-0.39, 0.29) is 80.9 Å². The first-order chi connectivity index (χ1) is 39.4. The number of β-lactam (4-membered cyclic amide) rings is 2. The Morgan fingerprint density at radius 2 is 1.06 bits per heavy atom. The van der Waals surface area contributed by atoms with Gasteiger partial charge < -0.3 is 51.8 Å². The average Bonchev–Trinajstić information content (AvgIpc) is 1.75. The van der Waals surface area contributed by atoms with E-state index in [0.717, 1.165) is 33.8 Å². The number of nitrogens with two attached hydrogens (primary N) is 2. The molecular formula is C50H58N14O12S6+2. The summed E-state index contributed by atoms with van der Waals surface area (Å²) in [6.07, 6.45) is 7.19. The van der Waals surface area contributed by atoms with Crippen LogP contribution in [0.25, 0.3) is 0 Å². The van der Waals surface area contributed by atoms with Crippen LogP contribution in [0.15, 0.2) is 92.7 Å². The average molecular weight is 1240 g/mol. The molecule has 26 nitrogen and oxygen atoms in total. The molecule has 4 aromatic rings. The van der Waals surface area contributed by atoms with Gasteiger partial charge in [-0.05, 0) is 25.0 Å². The molecule has 0 aromatic carbocycles. The molecule has 0 radical (unpaired) electrons. The number of carbonyl (C=O) groups excluding carboxylic acids is 6. The van der Waals surface area contributed by atoms with E-state index in [1.165, 1.54) is 81.8 Å². The first kappa shape index (κ1) is 60.8. The SMILES string of the molecule is CCN(Cc1cc[n+](CC2=C(C(=O)O)N3C(=O)C(NC(=O)C(=NOC)c4csc(N)n4)C3SC2)cc1)C(=O)CSCCSCC(=O)N(CC)Cc1cc[n+](CC2=C(C(=O)O)N3C(=O)C(NC(=O)C(=NOC)c4csc(N)n4)C3SC2)cc1. The molecule has 0 aliphatic carbocycles. The van der Waals surface area contributed by atoms with Crippen LogP contribution in [0.2, 0.25) is 0 Å². The number of thiazole rings is 2. The summed E-state index contributed by atoms with van der Waals surface area (Å²) < 4.78 is 3.61. The number of anilines is 2. The van der Waals surface area contributed by atoms with E-state index in [1.807, 2.05) is 38.1 Å². The van der Waals surface area contributed by atoms with Crippen LogP contribution in [0.3, 0.4) is 0 Å². The van der Waals surface area contributed by atoms with Gasteiger partial charge in [0.15, 0.2) is 59.6 Å². The summed E-state index contributed by atoms with van der Waals surface area (Å²) >= 11 is 7.87. The number of carbonyl (C=O) groups is 8. The molecule has 2 saturated heterocycles. The normalized spacial score (nSPS) is 18.7. The second kappa shape index (κ2) is 27.7. The maximum Gasteiger partial charge on any atom is 0.352 e. The van der Waals surface area contributed by atoms with Crippen molar-refractivity contribution < 1.29 is 67.4 Å². The number of oxime groups is 2. The van der Waals surface area contributed by atoms with E-state index in [1.54, 1.807) is 43.7 Å². The monoisotopic (exact) mass is 1240 g/mol. The van der Waals surface area contributed by atoms with Crippen LogP contribution in [-0.4, -0.2) is 183 Å². The molecule has 8 rings (SSSR count). The molecule has 0 spiro atoms. The quantitative estimate of drug-likeness (QED) is 0.0158. The van der Waals surface area contributed by atoms with Crippen LogP contribution in [0.1, 0.15) is 36.4 Å². The number of rotatable bonds is 27. The molecule has 4 atom stereocenters. The van der Waals surface area contributed by atoms with Gasteiger partial charge in [-0.25, -0.2) is 28.7 Å². The summed E-state index contributed by atoms with van der Waals surface area (Å²) in [6.45, 7) is 5.90. The number of aromatic nitrogens is 4. The Balaban J connectivity index is 0.745. The third-order valence-electron chi connectivity index (χ3n) is 13.1. The number of fused-ring (bicyclic) bond motifs is 2. The number of nitrogens with zero attached hydrogens (tertiary/aromatic N) is 10. The Bertz CT molecular complexity index is 3030. The molecule has 82 heavy (non-hydrogen) atoms. The van der Waals surface area contributed by atoms with Crippen molar-refractivity contribution in [1.29, 1.82) is 0 Å². The molecule has 4 aromatic heterocycles. The molecule has 6 amide bonds. The summed E-state index contributed by atoms with van der Waals surface area (Å²) in [4.78, 5) is 128. The highest BCUT2D eigenvalue weighted by molar-refractivity contribution is 8.03. The fraction of sp³-hybridized carbons (Fsp3) is 0.400. The number of nitrogen functional groups attached to an aromatic ring is 2. The zero-order valence-corrected chi connectivity index (χ0v) is 49.5. The molecule has 8 N–H and O–H groups in total. The topological polar surface area (TPSA) is 343 Å². The smallest absolute Gasteiger partial charge is 0.352 e. The van der Waals surface area contributed by atoms with Crippen molar-refractivity contribution in [3.05, 3.63) is 105 Å². The van der Waals surface area contributed by atoms with Gasteiger partial charge in [-0.2, -0.15) is 23.5 Å². The van der Waals surface area contributed by atoms with E-state index in [2.05, 4.69) is 30.9 Å². The van der Waals surface area contributed by atoms with Gasteiger partial charge in [0, 0.05) is 95.4 Å². The number of aliphatic carboxylic acids is 2. The minimum absolute atomic E-state index is 0.0308. The Labute approximate surface area is 494 Å². The van der Waals surface area contributed by atoms with E-state index in [4.69, 9.17) is 21.1 Å². The molecule has 4 aliphatic heterocycles. The summed E-state index contributed by atoms with van der Waals surface area (Å²) in [7, 11) is 2.53. The number of hydrogen-bond donors (Lipinski definition) is 6. The second-order valence-corrected chi connectivity index (χ2v) is 24.5. The molecule has 4 unspecified atom stereocenters. The van der Waals surface area contributed by atoms with Crippen molar-refractivity contribution in [3.63, 3.8) is 0 Å². The third-order valence-corrected chi connectivity index (χ3v) is 19.3. The van der Waals surface area contributed by atoms with Crippen LogP contribution < -0.4 is 31.2 Å². The Morgan fingerprint density at radius 1 is 0.683 bits per heavy atom. The van der Waals surface area contributed by atoms with Gasteiger partial charge in [0.1, 0.15) is 59.8 Å². The minimum atomic E-state index is -1.26. The van der Waals surface area contributed by atoms with Crippen LogP contribution in [-0.2, 0) is 74.2 Å². The zero-order chi connectivity index (χ0) is 58.8. The fourth-order valence-corrected chi connectivity index (χ4v) is 14.8. The third kappa shape index (κ3) is 14.0. The van der Waals surface area contributed by atoms with Crippen LogP contribution >= 0.6 is 69.7 Å². The van der Waals surface area contributed by atoms with Crippen molar-refractivity contribution in [3.8, 4) is 0 Å². The lowest BCUT2D eigenvalue weighted by atomic mass is 10.0. The number of pyridine rings is 2. The lowest BCUT2D eigenvalue weighted by molar-refractivity contribution is -0.689. The highest BCUT2D eigenvalue weighted by Crippen LogP contribution is 2.42. The molecule has 4 aliphatic rings. The number of nitrogens with one attached hydrogen (secondary N) is 2. The van der Waals surface area contributed by atoms with E-state index >= 15 is 0 Å². The summed E-state index contributed by atoms with van der Waals surface area (Å²) in [5.41, 5.74) is 14.0. The first-order valence-corrected chi connectivity index (χ1v) is 31.3. The molecular weight excluding hydrogens is 1180 g/mol. The van der Waals surface area contributed by atoms with E-state index in [9.17, 15) is 48.6 Å². The van der Waals surface area contributed by atoms with Gasteiger partial charge in [0.05, 0.1) is 11.5 Å². The van der Waals surface area contributed by atoms with Crippen molar-refractivity contribution in [1.82, 2.24) is 40.2 Å². The Morgan fingerprint density at radius 3 is 1.38 bits per heavy atom. The number of carboxylic acid groups (broad SMARTS) is 2. The van der Waals surface area contributed by atoms with Crippen molar-refractivity contribution >= 4 is 139 Å². The lowest BCUT2D eigenvalue weighted by Gasteiger charge is -2.49. The largest absolute Gasteiger partial charge is 0.477 e. The predicted octanol–water partition coefficient (Wildman–Crippen LogP) is 0.781. The van der Waals surface area contributed by atoms with Gasteiger partial charge in [-0.1, -0.05) is 10.3 Å². The molecule has 434 valence electrons. The van der Waals surface area contributed by atoms with Crippen LogP contribution in [0.4, 0.5) is 10.3 Å². The van der Waals surface area contributed by atoms with E-state index < -0.39 is 58.4 Å². The maximum atomic E-state index is 13.4. The van der Waals surface area contributed by atoms with Gasteiger partial charge in [-0.3, -0.25) is 38.6 Å². The Hall–Kier alpha value is -7.26. The highest BCUT2D eigenvalue weighted by Gasteiger charge is 2.56. The van der Waals surface area contributed by atoms with E-state index in [0.29, 0.717) is 60.3 Å². The van der Waals surface area contributed by atoms with Crippen molar-refractivity contribution in [2.24, 2.45) is 10.3 Å².